The second-order valence-corrected chi connectivity index (χ2v) is 6.60. The van der Waals surface area contributed by atoms with E-state index < -0.39 is 0 Å². The number of rotatable bonds is 8. The van der Waals surface area contributed by atoms with E-state index in [4.69, 9.17) is 5.11 Å². The highest BCUT2D eigenvalue weighted by atomic mass is 32.2. The van der Waals surface area contributed by atoms with E-state index in [1.165, 1.54) is 31.5 Å². The van der Waals surface area contributed by atoms with E-state index in [2.05, 4.69) is 36.4 Å². The molecule has 1 fully saturated rings. The predicted octanol–water partition coefficient (Wildman–Crippen LogP) is 2.12. The maximum Gasteiger partial charge on any atom is 0.0446 e. The summed E-state index contributed by atoms with van der Waals surface area (Å²) in [4.78, 5) is 2.53. The van der Waals surface area contributed by atoms with Gasteiger partial charge in [0.15, 0.2) is 0 Å². The Morgan fingerprint density at radius 1 is 1.42 bits per heavy atom. The van der Waals surface area contributed by atoms with Crippen LogP contribution in [0.4, 0.5) is 0 Å². The molecule has 1 rings (SSSR count). The molecule has 0 aromatic rings. The maximum absolute atomic E-state index is 9.09. The maximum atomic E-state index is 9.09. The summed E-state index contributed by atoms with van der Waals surface area (Å²) in [5.41, 5.74) is 1.41. The molecule has 1 atom stereocenters. The molecule has 0 amide bonds. The number of aliphatic hydroxyl groups is 1. The van der Waals surface area contributed by atoms with Gasteiger partial charge in [-0.25, -0.2) is 0 Å². The van der Waals surface area contributed by atoms with E-state index in [-0.39, 0.29) is 6.61 Å². The summed E-state index contributed by atoms with van der Waals surface area (Å²) in [5, 5.41) is 12.8. The molecule has 0 aliphatic carbocycles. The van der Waals surface area contributed by atoms with Gasteiger partial charge in [-0.2, -0.15) is 11.8 Å². The lowest BCUT2D eigenvalue weighted by atomic mass is 10.0. The Hall–Kier alpha value is -0.0300. The number of piperidine rings is 1. The summed E-state index contributed by atoms with van der Waals surface area (Å²) >= 11 is 1.86. The molecular formula is C15H30N2OS. The van der Waals surface area contributed by atoms with Crippen LogP contribution in [0, 0.1) is 0 Å². The van der Waals surface area contributed by atoms with E-state index in [9.17, 15) is 0 Å². The number of aliphatic hydroxyl groups excluding tert-OH is 1. The predicted molar refractivity (Wildman–Crippen MR) is 85.9 cm³/mol. The lowest BCUT2D eigenvalue weighted by molar-refractivity contribution is 0.199. The fourth-order valence-corrected chi connectivity index (χ4v) is 3.16. The van der Waals surface area contributed by atoms with E-state index in [1.807, 2.05) is 11.8 Å². The number of allylic oxidation sites excluding steroid dienone is 1. The van der Waals surface area contributed by atoms with Crippen LogP contribution >= 0.6 is 11.8 Å². The number of hydrogen-bond acceptors (Lipinski definition) is 4. The first kappa shape index (κ1) is 17.0. The van der Waals surface area contributed by atoms with Gasteiger partial charge < -0.3 is 10.4 Å². The van der Waals surface area contributed by atoms with Crippen molar-refractivity contribution in [2.24, 2.45) is 0 Å². The molecule has 2 N–H and O–H groups in total. The minimum absolute atomic E-state index is 0.289. The Labute approximate surface area is 122 Å². The summed E-state index contributed by atoms with van der Waals surface area (Å²) in [6.07, 6.45) is 7.78. The van der Waals surface area contributed by atoms with Gasteiger partial charge in [-0.15, -0.1) is 0 Å². The van der Waals surface area contributed by atoms with E-state index >= 15 is 0 Å². The molecule has 0 spiro atoms. The summed E-state index contributed by atoms with van der Waals surface area (Å²) in [7, 11) is 0. The third kappa shape index (κ3) is 7.35. The zero-order chi connectivity index (χ0) is 14.1. The van der Waals surface area contributed by atoms with Crippen LogP contribution in [-0.2, 0) is 0 Å². The monoisotopic (exact) mass is 286 g/mol. The molecule has 1 heterocycles. The molecule has 3 nitrogen and oxygen atoms in total. The van der Waals surface area contributed by atoms with Crippen LogP contribution in [0.25, 0.3) is 0 Å². The van der Waals surface area contributed by atoms with Gasteiger partial charge in [0.1, 0.15) is 0 Å². The Morgan fingerprint density at radius 3 is 2.63 bits per heavy atom. The summed E-state index contributed by atoms with van der Waals surface area (Å²) in [6, 6.07) is 1.10. The fraction of sp³-hybridized carbons (Fsp3) is 0.867. The van der Waals surface area contributed by atoms with Crippen molar-refractivity contribution in [3.05, 3.63) is 11.6 Å². The van der Waals surface area contributed by atoms with Crippen molar-refractivity contribution in [1.82, 2.24) is 10.2 Å². The topological polar surface area (TPSA) is 35.5 Å². The molecule has 4 heteroatoms. The number of nitrogens with one attached hydrogen (secondary N) is 1. The van der Waals surface area contributed by atoms with Gasteiger partial charge in [-0.3, -0.25) is 4.90 Å². The van der Waals surface area contributed by atoms with Crippen LogP contribution in [0.3, 0.4) is 0 Å². The van der Waals surface area contributed by atoms with Crippen LogP contribution in [0.15, 0.2) is 11.6 Å². The van der Waals surface area contributed by atoms with Crippen LogP contribution in [0.5, 0.6) is 0 Å². The second kappa shape index (κ2) is 9.81. The fourth-order valence-electron chi connectivity index (χ4n) is 2.50. The van der Waals surface area contributed by atoms with Gasteiger partial charge in [0.05, 0.1) is 0 Å². The smallest absolute Gasteiger partial charge is 0.0446 e. The van der Waals surface area contributed by atoms with Crippen molar-refractivity contribution in [2.45, 2.75) is 45.2 Å². The van der Waals surface area contributed by atoms with Gasteiger partial charge in [-0.1, -0.05) is 11.6 Å². The van der Waals surface area contributed by atoms with Crippen LogP contribution in [0.1, 0.15) is 33.1 Å². The van der Waals surface area contributed by atoms with Crippen molar-refractivity contribution in [3.63, 3.8) is 0 Å². The van der Waals surface area contributed by atoms with Gasteiger partial charge in [0.25, 0.3) is 0 Å². The molecule has 0 aromatic heterocycles. The molecule has 112 valence electrons. The molecule has 0 bridgehead atoms. The first-order valence-electron chi connectivity index (χ1n) is 7.37. The third-order valence-electron chi connectivity index (χ3n) is 3.66. The Morgan fingerprint density at radius 2 is 2.11 bits per heavy atom. The molecule has 0 aromatic carbocycles. The quantitative estimate of drug-likeness (QED) is 0.670. The normalized spacial score (nSPS) is 19.4. The van der Waals surface area contributed by atoms with Crippen molar-refractivity contribution in [2.75, 3.05) is 38.2 Å². The van der Waals surface area contributed by atoms with Gasteiger partial charge in [0, 0.05) is 31.0 Å². The minimum Gasteiger partial charge on any atom is -0.396 e. The Kier molecular flexibility index (Phi) is 8.79. The molecule has 1 unspecified atom stereocenters. The van der Waals surface area contributed by atoms with E-state index in [1.54, 1.807) is 0 Å². The summed E-state index contributed by atoms with van der Waals surface area (Å²) in [5.74, 6) is 1.10. The van der Waals surface area contributed by atoms with Crippen LogP contribution < -0.4 is 5.32 Å². The molecule has 1 aliphatic heterocycles. The second-order valence-electron chi connectivity index (χ2n) is 5.69. The highest BCUT2D eigenvalue weighted by molar-refractivity contribution is 7.98. The highest BCUT2D eigenvalue weighted by Crippen LogP contribution is 2.13. The first-order valence-corrected chi connectivity index (χ1v) is 8.76. The SMILES string of the molecule is CSCC(CCO)NC1CCN(CC=C(C)C)CC1. The van der Waals surface area contributed by atoms with E-state index in [0.717, 1.165) is 18.7 Å². The van der Waals surface area contributed by atoms with E-state index in [0.29, 0.717) is 12.1 Å². The van der Waals surface area contributed by atoms with Gasteiger partial charge >= 0.3 is 0 Å². The van der Waals surface area contributed by atoms with Crippen LogP contribution in [0.2, 0.25) is 0 Å². The zero-order valence-corrected chi connectivity index (χ0v) is 13.5. The molecule has 0 radical (unpaired) electrons. The molecular weight excluding hydrogens is 256 g/mol. The Bertz CT molecular complexity index is 253. The van der Waals surface area contributed by atoms with Gasteiger partial charge in [-0.05, 0) is 52.5 Å². The largest absolute Gasteiger partial charge is 0.396 e. The van der Waals surface area contributed by atoms with Crippen molar-refractivity contribution >= 4 is 11.8 Å². The number of hydrogen-bond donors (Lipinski definition) is 2. The number of nitrogens with zero attached hydrogens (tertiary/aromatic N) is 1. The zero-order valence-electron chi connectivity index (χ0n) is 12.7. The van der Waals surface area contributed by atoms with Crippen molar-refractivity contribution in [1.29, 1.82) is 0 Å². The third-order valence-corrected chi connectivity index (χ3v) is 4.40. The molecule has 1 aliphatic rings. The molecule has 19 heavy (non-hydrogen) atoms. The highest BCUT2D eigenvalue weighted by Gasteiger charge is 2.20. The lowest BCUT2D eigenvalue weighted by Gasteiger charge is -2.34. The average molecular weight is 286 g/mol. The lowest BCUT2D eigenvalue weighted by Crippen LogP contribution is -2.47. The first-order chi connectivity index (χ1) is 9.15. The summed E-state index contributed by atoms with van der Waals surface area (Å²) < 4.78 is 0. The van der Waals surface area contributed by atoms with Crippen LogP contribution in [-0.4, -0.2) is 60.3 Å². The van der Waals surface area contributed by atoms with Crippen molar-refractivity contribution < 1.29 is 5.11 Å². The number of thioether (sulfide) groups is 1. The number of likely N-dealkylation sites (tertiary alicyclic amines) is 1. The minimum atomic E-state index is 0.289. The van der Waals surface area contributed by atoms with Gasteiger partial charge in [0.2, 0.25) is 0 Å². The summed E-state index contributed by atoms with van der Waals surface area (Å²) in [6.45, 7) is 8.09. The average Bonchev–Trinajstić information content (AvgIpc) is 2.38. The Balaban J connectivity index is 2.26. The van der Waals surface area contributed by atoms with Crippen molar-refractivity contribution in [3.8, 4) is 0 Å². The standard InChI is InChI=1S/C15H30N2OS/c1-13(2)4-8-17-9-5-14(6-10-17)16-15(7-11-18)12-19-3/h4,14-16,18H,5-12H2,1-3H3. The molecule has 0 saturated carbocycles. The molecule has 1 saturated heterocycles.